The third-order valence-corrected chi connectivity index (χ3v) is 4.38. The van der Waals surface area contributed by atoms with Crippen molar-refractivity contribution in [1.82, 2.24) is 5.32 Å². The van der Waals surface area contributed by atoms with Crippen LogP contribution in [0.5, 0.6) is 0 Å². The zero-order valence-corrected chi connectivity index (χ0v) is 10.3. The van der Waals surface area contributed by atoms with E-state index >= 15 is 0 Å². The van der Waals surface area contributed by atoms with E-state index in [0.717, 1.165) is 19.5 Å². The summed E-state index contributed by atoms with van der Waals surface area (Å²) in [5.41, 5.74) is -0.209. The Labute approximate surface area is 97.9 Å². The Hall–Kier alpha value is -0.570. The smallest absolute Gasteiger partial charge is 0.313 e. The predicted octanol–water partition coefficient (Wildman–Crippen LogP) is 2.11. The first kappa shape index (κ1) is 11.9. The average Bonchev–Trinajstić information content (AvgIpc) is 2.72. The third kappa shape index (κ3) is 2.10. The van der Waals surface area contributed by atoms with Gasteiger partial charge in [0.1, 0.15) is 0 Å². The topological polar surface area (TPSA) is 38.3 Å². The van der Waals surface area contributed by atoms with Crippen molar-refractivity contribution in [3.05, 3.63) is 0 Å². The number of nitrogens with one attached hydrogen (secondary N) is 1. The molecule has 1 aliphatic heterocycles. The Morgan fingerprint density at radius 2 is 2.00 bits per heavy atom. The molecule has 2 fully saturated rings. The van der Waals surface area contributed by atoms with Crippen LogP contribution in [0, 0.1) is 11.3 Å². The van der Waals surface area contributed by atoms with Crippen LogP contribution in [0.1, 0.15) is 44.9 Å². The van der Waals surface area contributed by atoms with Gasteiger partial charge in [0.25, 0.3) is 0 Å². The van der Waals surface area contributed by atoms with Crippen LogP contribution in [0.4, 0.5) is 0 Å². The lowest BCUT2D eigenvalue weighted by Gasteiger charge is -2.31. The summed E-state index contributed by atoms with van der Waals surface area (Å²) in [5.74, 6) is 0.516. The minimum absolute atomic E-state index is 0.0180. The fraction of sp³-hybridized carbons (Fsp3) is 0.923. The highest BCUT2D eigenvalue weighted by Gasteiger charge is 2.49. The number of hydrogen-bond acceptors (Lipinski definition) is 3. The Morgan fingerprint density at radius 3 is 2.81 bits per heavy atom. The Kier molecular flexibility index (Phi) is 3.85. The molecular weight excluding hydrogens is 202 g/mol. The van der Waals surface area contributed by atoms with Gasteiger partial charge >= 0.3 is 5.97 Å². The van der Waals surface area contributed by atoms with E-state index in [9.17, 15) is 4.79 Å². The highest BCUT2D eigenvalue weighted by atomic mass is 16.5. The van der Waals surface area contributed by atoms with Gasteiger partial charge in [-0.3, -0.25) is 4.79 Å². The van der Waals surface area contributed by atoms with Crippen LogP contribution in [0.25, 0.3) is 0 Å². The summed E-state index contributed by atoms with van der Waals surface area (Å²) >= 11 is 0. The molecule has 2 atom stereocenters. The van der Waals surface area contributed by atoms with Crippen LogP contribution in [0.15, 0.2) is 0 Å². The quantitative estimate of drug-likeness (QED) is 0.695. The summed E-state index contributed by atoms with van der Waals surface area (Å²) in [6.45, 7) is 1.82. The standard InChI is InChI=1S/C13H23NO2/c1-16-12(15)13-8-6-4-2-3-5-7-11(13)9-14-10-13/h11,14H,2-10H2,1H3. The second-order valence-electron chi connectivity index (χ2n) is 5.28. The summed E-state index contributed by atoms with van der Waals surface area (Å²) in [5, 5.41) is 3.40. The number of hydrogen-bond donors (Lipinski definition) is 1. The highest BCUT2D eigenvalue weighted by Crippen LogP contribution is 2.41. The summed E-state index contributed by atoms with van der Waals surface area (Å²) in [6.07, 6.45) is 8.56. The van der Waals surface area contributed by atoms with Gasteiger partial charge in [-0.25, -0.2) is 0 Å². The van der Waals surface area contributed by atoms with Crippen LogP contribution >= 0.6 is 0 Å². The van der Waals surface area contributed by atoms with Crippen LogP contribution < -0.4 is 5.32 Å². The largest absolute Gasteiger partial charge is 0.469 e. The molecule has 0 bridgehead atoms. The van der Waals surface area contributed by atoms with Crippen molar-refractivity contribution < 1.29 is 9.53 Å². The van der Waals surface area contributed by atoms with Crippen molar-refractivity contribution in [3.8, 4) is 0 Å². The van der Waals surface area contributed by atoms with Gasteiger partial charge in [0.15, 0.2) is 0 Å². The maximum absolute atomic E-state index is 12.1. The van der Waals surface area contributed by atoms with E-state index in [4.69, 9.17) is 4.74 Å². The van der Waals surface area contributed by atoms with E-state index in [1.807, 2.05) is 0 Å². The molecule has 2 unspecified atom stereocenters. The van der Waals surface area contributed by atoms with Crippen LogP contribution in [0.2, 0.25) is 0 Å². The van der Waals surface area contributed by atoms with Crippen LogP contribution in [0.3, 0.4) is 0 Å². The van der Waals surface area contributed by atoms with Crippen molar-refractivity contribution in [2.75, 3.05) is 20.2 Å². The van der Waals surface area contributed by atoms with Gasteiger partial charge in [0, 0.05) is 6.54 Å². The minimum Gasteiger partial charge on any atom is -0.469 e. The summed E-state index contributed by atoms with van der Waals surface area (Å²) < 4.78 is 5.05. The maximum Gasteiger partial charge on any atom is 0.313 e. The molecule has 1 heterocycles. The van der Waals surface area contributed by atoms with Crippen molar-refractivity contribution in [2.45, 2.75) is 44.9 Å². The van der Waals surface area contributed by atoms with Crippen molar-refractivity contribution in [1.29, 1.82) is 0 Å². The lowest BCUT2D eigenvalue weighted by atomic mass is 9.73. The van der Waals surface area contributed by atoms with Crippen molar-refractivity contribution in [3.63, 3.8) is 0 Å². The monoisotopic (exact) mass is 225 g/mol. The Balaban J connectivity index is 2.16. The number of fused-ring (bicyclic) bond motifs is 1. The van der Waals surface area contributed by atoms with Gasteiger partial charge < -0.3 is 10.1 Å². The Bertz CT molecular complexity index is 254. The van der Waals surface area contributed by atoms with E-state index < -0.39 is 0 Å². The number of carbonyl (C=O) groups excluding carboxylic acids is 1. The van der Waals surface area contributed by atoms with E-state index in [1.165, 1.54) is 45.6 Å². The molecule has 2 aliphatic rings. The second kappa shape index (κ2) is 5.17. The first-order valence-electron chi connectivity index (χ1n) is 6.59. The number of rotatable bonds is 1. The van der Waals surface area contributed by atoms with E-state index in [1.54, 1.807) is 0 Å². The Morgan fingerprint density at radius 1 is 1.25 bits per heavy atom. The first-order valence-corrected chi connectivity index (χ1v) is 6.59. The lowest BCUT2D eigenvalue weighted by Crippen LogP contribution is -2.39. The lowest BCUT2D eigenvalue weighted by molar-refractivity contribution is -0.154. The first-order chi connectivity index (χ1) is 7.79. The van der Waals surface area contributed by atoms with Gasteiger partial charge in [0.05, 0.1) is 12.5 Å². The van der Waals surface area contributed by atoms with Crippen molar-refractivity contribution in [2.24, 2.45) is 11.3 Å². The molecule has 3 heteroatoms. The van der Waals surface area contributed by atoms with E-state index in [2.05, 4.69) is 5.32 Å². The van der Waals surface area contributed by atoms with E-state index in [-0.39, 0.29) is 11.4 Å². The molecule has 16 heavy (non-hydrogen) atoms. The molecule has 0 aromatic rings. The SMILES string of the molecule is COC(=O)C12CCCCCCCC1CNC2. The highest BCUT2D eigenvalue weighted by molar-refractivity contribution is 5.78. The van der Waals surface area contributed by atoms with E-state index in [0.29, 0.717) is 5.92 Å². The molecule has 1 N–H and O–H groups in total. The molecule has 0 amide bonds. The fourth-order valence-corrected chi connectivity index (χ4v) is 3.39. The molecule has 2 rings (SSSR count). The molecule has 0 aromatic heterocycles. The molecule has 1 saturated carbocycles. The molecule has 92 valence electrons. The van der Waals surface area contributed by atoms with Crippen LogP contribution in [-0.2, 0) is 9.53 Å². The summed E-state index contributed by atoms with van der Waals surface area (Å²) in [6, 6.07) is 0. The summed E-state index contributed by atoms with van der Waals surface area (Å²) in [7, 11) is 1.53. The van der Waals surface area contributed by atoms with Gasteiger partial charge in [-0.2, -0.15) is 0 Å². The zero-order valence-electron chi connectivity index (χ0n) is 10.3. The zero-order chi connectivity index (χ0) is 11.4. The van der Waals surface area contributed by atoms with Gasteiger partial charge in [-0.05, 0) is 25.3 Å². The number of esters is 1. The number of methoxy groups -OCH3 is 1. The second-order valence-corrected chi connectivity index (χ2v) is 5.28. The number of ether oxygens (including phenoxy) is 1. The minimum atomic E-state index is -0.209. The fourth-order valence-electron chi connectivity index (χ4n) is 3.39. The molecule has 3 nitrogen and oxygen atoms in total. The molecular formula is C13H23NO2. The van der Waals surface area contributed by atoms with Crippen LogP contribution in [-0.4, -0.2) is 26.2 Å². The third-order valence-electron chi connectivity index (χ3n) is 4.38. The van der Waals surface area contributed by atoms with Gasteiger partial charge in [0.2, 0.25) is 0 Å². The van der Waals surface area contributed by atoms with Crippen molar-refractivity contribution >= 4 is 5.97 Å². The number of carbonyl (C=O) groups is 1. The normalized spacial score (nSPS) is 35.7. The van der Waals surface area contributed by atoms with Gasteiger partial charge in [-0.15, -0.1) is 0 Å². The molecule has 1 aliphatic carbocycles. The predicted molar refractivity (Wildman–Crippen MR) is 63.1 cm³/mol. The summed E-state index contributed by atoms with van der Waals surface area (Å²) in [4.78, 5) is 12.1. The maximum atomic E-state index is 12.1. The molecule has 0 aromatic carbocycles. The van der Waals surface area contributed by atoms with Gasteiger partial charge in [-0.1, -0.05) is 32.1 Å². The molecule has 0 radical (unpaired) electrons. The molecule has 0 spiro atoms. The average molecular weight is 225 g/mol. The molecule has 1 saturated heterocycles.